The van der Waals surface area contributed by atoms with E-state index in [0.717, 1.165) is 26.4 Å². The molecule has 0 fully saturated rings. The fourth-order valence-corrected chi connectivity index (χ4v) is 3.48. The normalized spacial score (nSPS) is 16.7. The van der Waals surface area contributed by atoms with Crippen molar-refractivity contribution in [1.29, 1.82) is 0 Å². The second-order valence-electron chi connectivity index (χ2n) is 6.12. The molecule has 3 aromatic carbocycles. The van der Waals surface area contributed by atoms with E-state index in [-0.39, 0.29) is 12.5 Å². The highest BCUT2D eigenvalue weighted by Crippen LogP contribution is 2.38. The molecule has 0 atom stereocenters. The molecule has 0 saturated carbocycles. The summed E-state index contributed by atoms with van der Waals surface area (Å²) >= 11 is 3.48. The van der Waals surface area contributed by atoms with Gasteiger partial charge in [0.25, 0.3) is 0 Å². The highest BCUT2D eigenvalue weighted by Gasteiger charge is 2.25. The smallest absolute Gasteiger partial charge is 0.363 e. The molecule has 5 rings (SSSR count). The molecule has 6 heteroatoms. The summed E-state index contributed by atoms with van der Waals surface area (Å²) in [7, 11) is 0. The van der Waals surface area contributed by atoms with Crippen molar-refractivity contribution in [3.8, 4) is 11.5 Å². The first-order valence-electron chi connectivity index (χ1n) is 8.28. The number of benzene rings is 3. The molecular formula is C21H12BrNO4. The topological polar surface area (TPSA) is 57.1 Å². The Bertz CT molecular complexity index is 1170. The lowest BCUT2D eigenvalue weighted by molar-refractivity contribution is -0.129. The molecular weight excluding hydrogens is 410 g/mol. The lowest BCUT2D eigenvalue weighted by Crippen LogP contribution is -2.05. The van der Waals surface area contributed by atoms with Crippen LogP contribution in [0.1, 0.15) is 11.1 Å². The molecule has 5 nitrogen and oxygen atoms in total. The molecule has 2 heterocycles. The molecule has 0 spiro atoms. The number of hydrogen-bond donors (Lipinski definition) is 0. The van der Waals surface area contributed by atoms with E-state index in [9.17, 15) is 4.79 Å². The standard InChI is InChI=1S/C21H12BrNO4/c22-16-10-19-18(25-11-26-19)9-15(16)8-17-21(24)27-20(23-17)14-6-5-12-3-1-2-4-13(12)7-14/h1-10H,11H2/b17-8-. The van der Waals surface area contributed by atoms with Gasteiger partial charge in [0.2, 0.25) is 12.7 Å². The van der Waals surface area contributed by atoms with E-state index in [0.29, 0.717) is 17.4 Å². The van der Waals surface area contributed by atoms with Crippen LogP contribution >= 0.6 is 15.9 Å². The summed E-state index contributed by atoms with van der Waals surface area (Å²) in [6.07, 6.45) is 1.67. The van der Waals surface area contributed by atoms with Gasteiger partial charge in [0.05, 0.1) is 0 Å². The van der Waals surface area contributed by atoms with Crippen molar-refractivity contribution in [3.63, 3.8) is 0 Å². The summed E-state index contributed by atoms with van der Waals surface area (Å²) in [6, 6.07) is 17.4. The summed E-state index contributed by atoms with van der Waals surface area (Å²) in [5.41, 5.74) is 1.75. The van der Waals surface area contributed by atoms with Crippen LogP contribution in [0.2, 0.25) is 0 Å². The van der Waals surface area contributed by atoms with Crippen LogP contribution in [0.25, 0.3) is 16.8 Å². The molecule has 0 aromatic heterocycles. The molecule has 132 valence electrons. The van der Waals surface area contributed by atoms with E-state index in [1.165, 1.54) is 0 Å². The van der Waals surface area contributed by atoms with Gasteiger partial charge < -0.3 is 14.2 Å². The number of nitrogens with zero attached hydrogens (tertiary/aromatic N) is 1. The molecule has 0 bridgehead atoms. The first-order valence-corrected chi connectivity index (χ1v) is 9.07. The molecule has 3 aromatic rings. The van der Waals surface area contributed by atoms with Crippen molar-refractivity contribution in [3.05, 3.63) is 75.9 Å². The maximum atomic E-state index is 12.3. The van der Waals surface area contributed by atoms with Crippen LogP contribution in [0, 0.1) is 0 Å². The van der Waals surface area contributed by atoms with Crippen LogP contribution in [0.4, 0.5) is 0 Å². The minimum atomic E-state index is -0.484. The Morgan fingerprint density at radius 1 is 0.963 bits per heavy atom. The van der Waals surface area contributed by atoms with Crippen molar-refractivity contribution in [2.75, 3.05) is 6.79 Å². The number of carbonyl (C=O) groups excluding carboxylic acids is 1. The fraction of sp³-hybridized carbons (Fsp3) is 0.0476. The number of aliphatic imine (C=N–C) groups is 1. The maximum absolute atomic E-state index is 12.3. The third-order valence-electron chi connectivity index (χ3n) is 4.40. The van der Waals surface area contributed by atoms with Gasteiger partial charge >= 0.3 is 5.97 Å². The Morgan fingerprint density at radius 3 is 2.59 bits per heavy atom. The number of fused-ring (bicyclic) bond motifs is 2. The summed E-state index contributed by atoms with van der Waals surface area (Å²) in [6.45, 7) is 0.189. The summed E-state index contributed by atoms with van der Waals surface area (Å²) < 4.78 is 16.9. The van der Waals surface area contributed by atoms with E-state index in [1.54, 1.807) is 12.1 Å². The maximum Gasteiger partial charge on any atom is 0.363 e. The Balaban J connectivity index is 1.53. The van der Waals surface area contributed by atoms with Crippen LogP contribution < -0.4 is 9.47 Å². The van der Waals surface area contributed by atoms with Gasteiger partial charge in [-0.25, -0.2) is 9.79 Å². The van der Waals surface area contributed by atoms with Gasteiger partial charge in [-0.05, 0) is 46.7 Å². The Morgan fingerprint density at radius 2 is 1.74 bits per heavy atom. The first kappa shape index (κ1) is 16.1. The van der Waals surface area contributed by atoms with Crippen molar-refractivity contribution in [2.45, 2.75) is 0 Å². The van der Waals surface area contributed by atoms with Crippen LogP contribution in [0.5, 0.6) is 11.5 Å². The molecule has 27 heavy (non-hydrogen) atoms. The number of ether oxygens (including phenoxy) is 3. The third-order valence-corrected chi connectivity index (χ3v) is 5.09. The highest BCUT2D eigenvalue weighted by atomic mass is 79.9. The Labute approximate surface area is 163 Å². The second kappa shape index (κ2) is 6.25. The molecule has 0 unspecified atom stereocenters. The zero-order valence-corrected chi connectivity index (χ0v) is 15.5. The quantitative estimate of drug-likeness (QED) is 0.445. The van der Waals surface area contributed by atoms with E-state index in [4.69, 9.17) is 14.2 Å². The molecule has 2 aliphatic heterocycles. The fourth-order valence-electron chi connectivity index (χ4n) is 3.05. The van der Waals surface area contributed by atoms with Gasteiger partial charge in [-0.3, -0.25) is 0 Å². The van der Waals surface area contributed by atoms with Gasteiger partial charge in [-0.1, -0.05) is 46.3 Å². The minimum absolute atomic E-state index is 0.189. The summed E-state index contributed by atoms with van der Waals surface area (Å²) in [4.78, 5) is 16.7. The average molecular weight is 422 g/mol. The van der Waals surface area contributed by atoms with Crippen LogP contribution in [0.3, 0.4) is 0 Å². The van der Waals surface area contributed by atoms with E-state index in [1.807, 2.05) is 48.5 Å². The van der Waals surface area contributed by atoms with Crippen LogP contribution in [0.15, 0.2) is 69.8 Å². The average Bonchev–Trinajstić information content (AvgIpc) is 3.28. The Hall–Kier alpha value is -3.12. The first-order chi connectivity index (χ1) is 13.2. The van der Waals surface area contributed by atoms with E-state index < -0.39 is 5.97 Å². The second-order valence-corrected chi connectivity index (χ2v) is 6.98. The van der Waals surface area contributed by atoms with E-state index >= 15 is 0 Å². The van der Waals surface area contributed by atoms with Crippen LogP contribution in [-0.4, -0.2) is 18.7 Å². The van der Waals surface area contributed by atoms with Gasteiger partial charge in [-0.15, -0.1) is 0 Å². The Kier molecular flexibility index (Phi) is 3.72. The number of cyclic esters (lactones) is 1. The number of halogens is 1. The number of hydrogen-bond acceptors (Lipinski definition) is 5. The van der Waals surface area contributed by atoms with Gasteiger partial charge in [0, 0.05) is 10.0 Å². The number of esters is 1. The zero-order chi connectivity index (χ0) is 18.4. The minimum Gasteiger partial charge on any atom is -0.454 e. The van der Waals surface area contributed by atoms with Crippen molar-refractivity contribution < 1.29 is 19.0 Å². The lowest BCUT2D eigenvalue weighted by atomic mass is 10.1. The predicted molar refractivity (Wildman–Crippen MR) is 105 cm³/mol. The summed E-state index contributed by atoms with van der Waals surface area (Å²) in [5, 5.41) is 2.18. The zero-order valence-electron chi connectivity index (χ0n) is 13.9. The van der Waals surface area contributed by atoms with E-state index in [2.05, 4.69) is 20.9 Å². The van der Waals surface area contributed by atoms with Crippen molar-refractivity contribution >= 4 is 44.6 Å². The number of rotatable bonds is 2. The molecule has 0 amide bonds. The molecule has 0 aliphatic carbocycles. The van der Waals surface area contributed by atoms with Crippen molar-refractivity contribution in [2.24, 2.45) is 4.99 Å². The van der Waals surface area contributed by atoms with Gasteiger partial charge in [0.1, 0.15) is 0 Å². The van der Waals surface area contributed by atoms with Crippen molar-refractivity contribution in [1.82, 2.24) is 0 Å². The summed E-state index contributed by atoms with van der Waals surface area (Å²) in [5.74, 6) is 1.12. The van der Waals surface area contributed by atoms with Crippen LogP contribution in [-0.2, 0) is 9.53 Å². The molecule has 0 radical (unpaired) electrons. The highest BCUT2D eigenvalue weighted by molar-refractivity contribution is 9.10. The molecule has 0 N–H and O–H groups in total. The SMILES string of the molecule is O=C1OC(c2ccc3ccccc3c2)=N/C1=C\c1cc2c(cc1Br)OCO2. The number of carbonyl (C=O) groups is 1. The largest absolute Gasteiger partial charge is 0.454 e. The lowest BCUT2D eigenvalue weighted by Gasteiger charge is -2.02. The van der Waals surface area contributed by atoms with Gasteiger partial charge in [0.15, 0.2) is 17.2 Å². The molecule has 2 aliphatic rings. The molecule has 0 saturated heterocycles. The van der Waals surface area contributed by atoms with Gasteiger partial charge in [-0.2, -0.15) is 0 Å². The third kappa shape index (κ3) is 2.88. The predicted octanol–water partition coefficient (Wildman–Crippen LogP) is 4.68. The monoisotopic (exact) mass is 421 g/mol.